The quantitative estimate of drug-likeness (QED) is 0.473. The molecule has 2 amide bonds. The SMILES string of the molecule is O=C(Nc1ccc(N2CCN(C(=O)c3ccccc3F)CC2)nc1)c1oc(N2CCCCC2)nc1C(F)(F)F. The lowest BCUT2D eigenvalue weighted by Gasteiger charge is -2.35. The first-order valence-electron chi connectivity index (χ1n) is 12.6. The molecule has 206 valence electrons. The van der Waals surface area contributed by atoms with Crippen molar-refractivity contribution in [1.29, 1.82) is 0 Å². The molecule has 2 aliphatic heterocycles. The predicted molar refractivity (Wildman–Crippen MR) is 134 cm³/mol. The number of hydrogen-bond donors (Lipinski definition) is 1. The van der Waals surface area contributed by atoms with Crippen molar-refractivity contribution in [2.24, 2.45) is 0 Å². The number of halogens is 4. The number of piperazine rings is 1. The maximum absolute atomic E-state index is 14.0. The summed E-state index contributed by atoms with van der Waals surface area (Å²) in [6, 6.07) is 8.75. The van der Waals surface area contributed by atoms with Gasteiger partial charge in [-0.15, -0.1) is 0 Å². The number of rotatable bonds is 5. The van der Waals surface area contributed by atoms with Crippen molar-refractivity contribution in [3.63, 3.8) is 0 Å². The van der Waals surface area contributed by atoms with E-state index in [0.717, 1.165) is 19.3 Å². The van der Waals surface area contributed by atoms with Crippen LogP contribution in [0.2, 0.25) is 0 Å². The Hall–Kier alpha value is -4.16. The van der Waals surface area contributed by atoms with Gasteiger partial charge in [-0.3, -0.25) is 9.59 Å². The third kappa shape index (κ3) is 5.81. The molecule has 2 fully saturated rings. The second-order valence-corrected chi connectivity index (χ2v) is 9.34. The number of nitrogens with zero attached hydrogens (tertiary/aromatic N) is 5. The zero-order chi connectivity index (χ0) is 27.6. The van der Waals surface area contributed by atoms with Gasteiger partial charge in [0.2, 0.25) is 5.76 Å². The second kappa shape index (κ2) is 10.9. The number of benzene rings is 1. The Morgan fingerprint density at radius 1 is 0.897 bits per heavy atom. The molecular weight excluding hydrogens is 520 g/mol. The van der Waals surface area contributed by atoms with Gasteiger partial charge in [-0.05, 0) is 43.5 Å². The molecule has 0 unspecified atom stereocenters. The third-order valence-corrected chi connectivity index (χ3v) is 6.72. The van der Waals surface area contributed by atoms with Crippen molar-refractivity contribution in [1.82, 2.24) is 14.9 Å². The minimum atomic E-state index is -4.86. The Bertz CT molecular complexity index is 1330. The van der Waals surface area contributed by atoms with E-state index in [1.54, 1.807) is 21.9 Å². The number of aromatic nitrogens is 2. The number of anilines is 3. The molecule has 3 aromatic rings. The van der Waals surface area contributed by atoms with Crippen LogP contribution in [0.4, 0.5) is 35.1 Å². The summed E-state index contributed by atoms with van der Waals surface area (Å²) in [6.45, 7) is 2.64. The van der Waals surface area contributed by atoms with Crippen LogP contribution in [0.25, 0.3) is 0 Å². The highest BCUT2D eigenvalue weighted by molar-refractivity contribution is 6.03. The first kappa shape index (κ1) is 26.4. The Labute approximate surface area is 221 Å². The number of oxazole rings is 1. The molecule has 9 nitrogen and oxygen atoms in total. The van der Waals surface area contributed by atoms with Crippen LogP contribution in [-0.2, 0) is 6.18 Å². The smallest absolute Gasteiger partial charge is 0.417 e. The zero-order valence-electron chi connectivity index (χ0n) is 20.9. The van der Waals surface area contributed by atoms with Gasteiger partial charge in [-0.1, -0.05) is 12.1 Å². The van der Waals surface area contributed by atoms with Gasteiger partial charge < -0.3 is 24.4 Å². The highest BCUT2D eigenvalue weighted by Crippen LogP contribution is 2.35. The summed E-state index contributed by atoms with van der Waals surface area (Å²) in [4.78, 5) is 38.4. The molecule has 2 aliphatic rings. The number of amides is 2. The molecule has 0 aliphatic carbocycles. The van der Waals surface area contributed by atoms with Gasteiger partial charge in [0.05, 0.1) is 17.4 Å². The van der Waals surface area contributed by atoms with Crippen LogP contribution < -0.4 is 15.1 Å². The van der Waals surface area contributed by atoms with E-state index in [1.165, 1.54) is 30.5 Å². The molecule has 0 atom stereocenters. The van der Waals surface area contributed by atoms with E-state index in [9.17, 15) is 27.2 Å². The second-order valence-electron chi connectivity index (χ2n) is 9.34. The van der Waals surface area contributed by atoms with Gasteiger partial charge in [-0.2, -0.15) is 18.2 Å². The van der Waals surface area contributed by atoms with Crippen LogP contribution in [0, 0.1) is 5.82 Å². The van der Waals surface area contributed by atoms with Gasteiger partial charge >= 0.3 is 6.18 Å². The molecule has 5 rings (SSSR count). The lowest BCUT2D eigenvalue weighted by Crippen LogP contribution is -2.49. The molecule has 0 saturated carbocycles. The van der Waals surface area contributed by atoms with E-state index in [2.05, 4.69) is 15.3 Å². The normalized spacial score (nSPS) is 16.4. The van der Waals surface area contributed by atoms with Crippen LogP contribution >= 0.6 is 0 Å². The fourth-order valence-electron chi connectivity index (χ4n) is 4.65. The van der Waals surface area contributed by atoms with Crippen LogP contribution in [-0.4, -0.2) is 66.0 Å². The molecule has 4 heterocycles. The molecule has 2 aromatic heterocycles. The van der Waals surface area contributed by atoms with Crippen molar-refractivity contribution in [3.05, 3.63) is 65.4 Å². The molecule has 2 saturated heterocycles. The third-order valence-electron chi connectivity index (χ3n) is 6.72. The topological polar surface area (TPSA) is 94.8 Å². The van der Waals surface area contributed by atoms with E-state index in [1.807, 2.05) is 4.90 Å². The van der Waals surface area contributed by atoms with Gasteiger partial charge in [-0.25, -0.2) is 9.37 Å². The predicted octanol–water partition coefficient (Wildman–Crippen LogP) is 4.43. The fraction of sp³-hybridized carbons (Fsp3) is 0.385. The maximum Gasteiger partial charge on any atom is 0.437 e. The molecule has 1 N–H and O–H groups in total. The van der Waals surface area contributed by atoms with Crippen LogP contribution in [0.5, 0.6) is 0 Å². The molecule has 0 spiro atoms. The average Bonchev–Trinajstić information content (AvgIpc) is 3.41. The summed E-state index contributed by atoms with van der Waals surface area (Å²) in [7, 11) is 0. The molecule has 0 bridgehead atoms. The number of carbonyl (C=O) groups excluding carboxylic acids is 2. The number of piperidine rings is 1. The van der Waals surface area contributed by atoms with Crippen molar-refractivity contribution in [3.8, 4) is 0 Å². The zero-order valence-corrected chi connectivity index (χ0v) is 20.9. The number of pyridine rings is 1. The lowest BCUT2D eigenvalue weighted by molar-refractivity contribution is -0.141. The Morgan fingerprint density at radius 2 is 1.62 bits per heavy atom. The lowest BCUT2D eigenvalue weighted by atomic mass is 10.1. The number of alkyl halides is 3. The summed E-state index contributed by atoms with van der Waals surface area (Å²) in [5.41, 5.74) is -1.17. The maximum atomic E-state index is 14.0. The number of nitrogens with one attached hydrogen (secondary N) is 1. The van der Waals surface area contributed by atoms with Crippen LogP contribution in [0.15, 0.2) is 47.0 Å². The Balaban J connectivity index is 1.22. The molecule has 13 heteroatoms. The Morgan fingerprint density at radius 3 is 2.26 bits per heavy atom. The van der Waals surface area contributed by atoms with Gasteiger partial charge in [0.15, 0.2) is 5.69 Å². The molecular formula is C26H26F4N6O3. The monoisotopic (exact) mass is 546 g/mol. The largest absolute Gasteiger partial charge is 0.437 e. The van der Waals surface area contributed by atoms with E-state index in [-0.39, 0.29) is 23.2 Å². The van der Waals surface area contributed by atoms with E-state index < -0.39 is 29.4 Å². The molecule has 1 aromatic carbocycles. The first-order valence-corrected chi connectivity index (χ1v) is 12.6. The fourth-order valence-corrected chi connectivity index (χ4v) is 4.65. The summed E-state index contributed by atoms with van der Waals surface area (Å²) >= 11 is 0. The van der Waals surface area contributed by atoms with Crippen molar-refractivity contribution in [2.45, 2.75) is 25.4 Å². The van der Waals surface area contributed by atoms with Crippen molar-refractivity contribution in [2.75, 3.05) is 54.4 Å². The highest BCUT2D eigenvalue weighted by Gasteiger charge is 2.42. The summed E-state index contributed by atoms with van der Waals surface area (Å²) < 4.78 is 60.1. The number of carbonyl (C=O) groups is 2. The minimum absolute atomic E-state index is 0.0210. The van der Waals surface area contributed by atoms with E-state index in [4.69, 9.17) is 4.42 Å². The van der Waals surface area contributed by atoms with Gasteiger partial charge in [0, 0.05) is 39.3 Å². The first-order chi connectivity index (χ1) is 18.7. The standard InChI is InChI=1S/C26H26F4N6O3/c27-19-7-3-2-6-18(19)24(38)35-14-12-34(13-15-35)20-9-8-17(16-31-20)32-23(37)21-22(26(28,29)30)33-25(39-21)36-10-4-1-5-11-36/h2-3,6-9,16H,1,4-5,10-15H2,(H,32,37). The van der Waals surface area contributed by atoms with E-state index >= 15 is 0 Å². The van der Waals surface area contributed by atoms with Crippen molar-refractivity contribution >= 4 is 29.3 Å². The van der Waals surface area contributed by atoms with Gasteiger partial charge in [0.25, 0.3) is 17.8 Å². The summed E-state index contributed by atoms with van der Waals surface area (Å²) in [5.74, 6) is -2.36. The van der Waals surface area contributed by atoms with Crippen molar-refractivity contribution < 1.29 is 31.6 Å². The van der Waals surface area contributed by atoms with Crippen LogP contribution in [0.3, 0.4) is 0 Å². The average molecular weight is 547 g/mol. The minimum Gasteiger partial charge on any atom is -0.417 e. The molecule has 0 radical (unpaired) electrons. The van der Waals surface area contributed by atoms with Crippen LogP contribution in [0.1, 0.15) is 45.9 Å². The summed E-state index contributed by atoms with van der Waals surface area (Å²) in [6.07, 6.45) is -0.941. The van der Waals surface area contributed by atoms with E-state index in [0.29, 0.717) is 45.1 Å². The highest BCUT2D eigenvalue weighted by atomic mass is 19.4. The number of hydrogen-bond acceptors (Lipinski definition) is 7. The van der Waals surface area contributed by atoms with Gasteiger partial charge in [0.1, 0.15) is 11.6 Å². The molecule has 39 heavy (non-hydrogen) atoms. The Kier molecular flexibility index (Phi) is 7.40. The summed E-state index contributed by atoms with van der Waals surface area (Å²) in [5, 5.41) is 2.40.